The summed E-state index contributed by atoms with van der Waals surface area (Å²) in [6.07, 6.45) is 3.35. The van der Waals surface area contributed by atoms with Gasteiger partial charge in [-0.25, -0.2) is 4.98 Å². The largest absolute Gasteiger partial charge is 0.437 e. The lowest BCUT2D eigenvalue weighted by Crippen LogP contribution is -2.43. The fourth-order valence-electron chi connectivity index (χ4n) is 2.81. The van der Waals surface area contributed by atoms with Gasteiger partial charge in [0.2, 0.25) is 11.8 Å². The number of hydrogen-bond acceptors (Lipinski definition) is 6. The maximum atomic E-state index is 12.5. The van der Waals surface area contributed by atoms with Crippen molar-refractivity contribution < 1.29 is 13.9 Å². The second kappa shape index (κ2) is 9.13. The number of carbonyl (C=O) groups is 1. The van der Waals surface area contributed by atoms with Gasteiger partial charge in [0.05, 0.1) is 25.7 Å². The maximum absolute atomic E-state index is 12.5. The van der Waals surface area contributed by atoms with Gasteiger partial charge >= 0.3 is 0 Å². The molecule has 7 nitrogen and oxygen atoms in total. The molecule has 136 valence electrons. The number of morpholine rings is 1. The lowest BCUT2D eigenvalue weighted by atomic mass is 10.3. The molecule has 0 aliphatic carbocycles. The zero-order valence-corrected chi connectivity index (χ0v) is 14.6. The van der Waals surface area contributed by atoms with Gasteiger partial charge in [-0.3, -0.25) is 9.69 Å². The molecule has 1 aromatic heterocycles. The standard InChI is InChI=1S/C19H22N4O3/c20-8-3-9-23(11-10-22-12-14-25-15-13-22)19(24)7-6-18-21-16-4-1-2-5-17(16)26-18/h1-2,4-7H,3,9-15H2/b7-6+. The second-order valence-electron chi connectivity index (χ2n) is 6.04. The first-order valence-corrected chi connectivity index (χ1v) is 8.76. The first-order valence-electron chi connectivity index (χ1n) is 8.76. The molecule has 0 N–H and O–H groups in total. The first kappa shape index (κ1) is 18.1. The molecule has 0 atom stereocenters. The van der Waals surface area contributed by atoms with Crippen LogP contribution in [0, 0.1) is 11.3 Å². The van der Waals surface area contributed by atoms with Gasteiger partial charge < -0.3 is 14.1 Å². The van der Waals surface area contributed by atoms with E-state index < -0.39 is 0 Å². The second-order valence-corrected chi connectivity index (χ2v) is 6.04. The van der Waals surface area contributed by atoms with Crippen LogP contribution in [0.5, 0.6) is 0 Å². The lowest BCUT2D eigenvalue weighted by Gasteiger charge is -2.29. The average molecular weight is 354 g/mol. The molecule has 2 heterocycles. The van der Waals surface area contributed by atoms with Gasteiger partial charge in [-0.2, -0.15) is 5.26 Å². The number of rotatable bonds is 7. The summed E-state index contributed by atoms with van der Waals surface area (Å²) in [6, 6.07) is 9.56. The molecule has 2 aromatic rings. The van der Waals surface area contributed by atoms with Crippen LogP contribution in [0.3, 0.4) is 0 Å². The smallest absolute Gasteiger partial charge is 0.246 e. The van der Waals surface area contributed by atoms with E-state index in [9.17, 15) is 4.79 Å². The van der Waals surface area contributed by atoms with E-state index in [4.69, 9.17) is 14.4 Å². The molecule has 0 radical (unpaired) electrons. The Labute approximate surface area is 152 Å². The minimum Gasteiger partial charge on any atom is -0.437 e. The highest BCUT2D eigenvalue weighted by atomic mass is 16.5. The molecule has 1 saturated heterocycles. The lowest BCUT2D eigenvalue weighted by molar-refractivity contribution is -0.126. The summed E-state index contributed by atoms with van der Waals surface area (Å²) in [5.41, 5.74) is 1.45. The van der Waals surface area contributed by atoms with Crippen molar-refractivity contribution in [2.24, 2.45) is 0 Å². The predicted octanol–water partition coefficient (Wildman–Crippen LogP) is 1.92. The molecular formula is C19H22N4O3. The summed E-state index contributed by atoms with van der Waals surface area (Å²) in [5.74, 6) is 0.253. The molecule has 1 aromatic carbocycles. The molecule has 1 amide bonds. The third-order valence-corrected chi connectivity index (χ3v) is 4.27. The highest BCUT2D eigenvalue weighted by molar-refractivity contribution is 5.91. The maximum Gasteiger partial charge on any atom is 0.246 e. The number of nitrogens with zero attached hydrogens (tertiary/aromatic N) is 4. The van der Waals surface area contributed by atoms with Crippen LogP contribution in [0.4, 0.5) is 0 Å². The van der Waals surface area contributed by atoms with Gasteiger partial charge in [0.15, 0.2) is 5.58 Å². The highest BCUT2D eigenvalue weighted by Crippen LogP contribution is 2.15. The summed E-state index contributed by atoms with van der Waals surface area (Å²) in [4.78, 5) is 20.8. The molecule has 0 saturated carbocycles. The Morgan fingerprint density at radius 1 is 1.31 bits per heavy atom. The summed E-state index contributed by atoms with van der Waals surface area (Å²) in [5, 5.41) is 8.84. The van der Waals surface area contributed by atoms with E-state index in [1.807, 2.05) is 24.3 Å². The Bertz CT molecular complexity index is 769. The van der Waals surface area contributed by atoms with Crippen LogP contribution in [0.2, 0.25) is 0 Å². The van der Waals surface area contributed by atoms with Crippen LogP contribution in [-0.4, -0.2) is 66.6 Å². The zero-order valence-electron chi connectivity index (χ0n) is 14.6. The molecule has 3 rings (SSSR count). The van der Waals surface area contributed by atoms with Crippen molar-refractivity contribution in [1.29, 1.82) is 5.26 Å². The van der Waals surface area contributed by atoms with Crippen LogP contribution < -0.4 is 0 Å². The monoisotopic (exact) mass is 354 g/mol. The van der Waals surface area contributed by atoms with E-state index in [2.05, 4.69) is 16.0 Å². The summed E-state index contributed by atoms with van der Waals surface area (Å²) >= 11 is 0. The average Bonchev–Trinajstić information content (AvgIpc) is 3.10. The van der Waals surface area contributed by atoms with Crippen molar-refractivity contribution in [1.82, 2.24) is 14.8 Å². The third-order valence-electron chi connectivity index (χ3n) is 4.27. The predicted molar refractivity (Wildman–Crippen MR) is 97.1 cm³/mol. The van der Waals surface area contributed by atoms with Crippen molar-refractivity contribution in [2.45, 2.75) is 6.42 Å². The summed E-state index contributed by atoms with van der Waals surface area (Å²) < 4.78 is 10.9. The van der Waals surface area contributed by atoms with Gasteiger partial charge in [0.1, 0.15) is 5.52 Å². The minimum absolute atomic E-state index is 0.143. The zero-order chi connectivity index (χ0) is 18.2. The Balaban J connectivity index is 1.60. The Morgan fingerprint density at radius 3 is 2.88 bits per heavy atom. The molecule has 1 aliphatic heterocycles. The molecule has 0 unspecified atom stereocenters. The van der Waals surface area contributed by atoms with Crippen molar-refractivity contribution >= 4 is 23.1 Å². The van der Waals surface area contributed by atoms with E-state index in [1.165, 1.54) is 6.08 Å². The van der Waals surface area contributed by atoms with Gasteiger partial charge in [0.25, 0.3) is 0 Å². The van der Waals surface area contributed by atoms with Crippen molar-refractivity contribution in [3.8, 4) is 6.07 Å². The van der Waals surface area contributed by atoms with Crippen LogP contribution in [-0.2, 0) is 9.53 Å². The molecule has 7 heteroatoms. The van der Waals surface area contributed by atoms with E-state index in [-0.39, 0.29) is 5.91 Å². The highest BCUT2D eigenvalue weighted by Gasteiger charge is 2.15. The van der Waals surface area contributed by atoms with Crippen molar-refractivity contribution in [2.75, 3.05) is 45.9 Å². The van der Waals surface area contributed by atoms with Gasteiger partial charge in [0, 0.05) is 44.9 Å². The number of aromatic nitrogens is 1. The minimum atomic E-state index is -0.143. The van der Waals surface area contributed by atoms with Gasteiger partial charge in [-0.05, 0) is 12.1 Å². The van der Waals surface area contributed by atoms with E-state index in [0.717, 1.165) is 38.4 Å². The summed E-state index contributed by atoms with van der Waals surface area (Å²) in [7, 11) is 0. The van der Waals surface area contributed by atoms with Gasteiger partial charge in [-0.15, -0.1) is 0 Å². The van der Waals surface area contributed by atoms with Crippen molar-refractivity contribution in [3.05, 3.63) is 36.2 Å². The third kappa shape index (κ3) is 4.91. The number of ether oxygens (including phenoxy) is 1. The number of carbonyl (C=O) groups excluding carboxylic acids is 1. The normalized spacial score (nSPS) is 15.3. The summed E-state index contributed by atoms with van der Waals surface area (Å²) in [6.45, 7) is 4.97. The topological polar surface area (TPSA) is 82.6 Å². The van der Waals surface area contributed by atoms with E-state index in [0.29, 0.717) is 31.0 Å². The number of benzene rings is 1. The van der Waals surface area contributed by atoms with Crippen LogP contribution in [0.15, 0.2) is 34.8 Å². The Hall–Kier alpha value is -2.69. The molecule has 0 bridgehead atoms. The number of hydrogen-bond donors (Lipinski definition) is 0. The fourth-order valence-corrected chi connectivity index (χ4v) is 2.81. The molecule has 26 heavy (non-hydrogen) atoms. The van der Waals surface area contributed by atoms with Crippen LogP contribution >= 0.6 is 0 Å². The van der Waals surface area contributed by atoms with Crippen molar-refractivity contribution in [3.63, 3.8) is 0 Å². The molecular weight excluding hydrogens is 332 g/mol. The van der Waals surface area contributed by atoms with E-state index in [1.54, 1.807) is 11.0 Å². The Kier molecular flexibility index (Phi) is 6.36. The SMILES string of the molecule is N#CCCN(CCN1CCOCC1)C(=O)/C=C/c1nc2ccccc2o1. The molecule has 1 fully saturated rings. The number of nitriles is 1. The molecule has 0 spiro atoms. The number of amides is 1. The van der Waals surface area contributed by atoms with Crippen LogP contribution in [0.1, 0.15) is 12.3 Å². The Morgan fingerprint density at radius 2 is 2.12 bits per heavy atom. The fraction of sp³-hybridized carbons (Fsp3) is 0.421. The number of fused-ring (bicyclic) bond motifs is 1. The van der Waals surface area contributed by atoms with Crippen LogP contribution in [0.25, 0.3) is 17.2 Å². The molecule has 1 aliphatic rings. The van der Waals surface area contributed by atoms with Gasteiger partial charge in [-0.1, -0.05) is 12.1 Å². The first-order chi connectivity index (χ1) is 12.8. The number of para-hydroxylation sites is 2. The van der Waals surface area contributed by atoms with E-state index >= 15 is 0 Å². The number of oxazole rings is 1. The quantitative estimate of drug-likeness (QED) is 0.707.